The summed E-state index contributed by atoms with van der Waals surface area (Å²) in [7, 11) is 0. The molecular weight excluding hydrogens is 402 g/mol. The molecule has 0 saturated carbocycles. The van der Waals surface area contributed by atoms with Gasteiger partial charge in [0.25, 0.3) is 0 Å². The Labute approximate surface area is 175 Å². The van der Waals surface area contributed by atoms with Gasteiger partial charge in [-0.25, -0.2) is 14.4 Å². The fraction of sp³-hybridized carbons (Fsp3) is 0.500. The zero-order valence-electron chi connectivity index (χ0n) is 17.7. The normalized spacial score (nSPS) is 11.5. The highest BCUT2D eigenvalue weighted by Crippen LogP contribution is 2.18. The molecule has 30 heavy (non-hydrogen) atoms. The van der Waals surface area contributed by atoms with Crippen LogP contribution in [0.5, 0.6) is 0 Å². The Kier molecular flexibility index (Phi) is 23.7. The van der Waals surface area contributed by atoms with E-state index >= 15 is 0 Å². The van der Waals surface area contributed by atoms with Gasteiger partial charge in [-0.2, -0.15) is 0 Å². The molecular formula is C18H35N3O9. The third-order valence-electron chi connectivity index (χ3n) is 3.43. The third kappa shape index (κ3) is 19.7. The second-order valence-electron chi connectivity index (χ2n) is 5.48. The molecule has 0 aromatic rings. The van der Waals surface area contributed by atoms with Crippen molar-refractivity contribution in [2.45, 2.75) is 34.1 Å². The Hall–Kier alpha value is -3.09. The van der Waals surface area contributed by atoms with Gasteiger partial charge >= 0.3 is 17.9 Å². The van der Waals surface area contributed by atoms with Crippen LogP contribution in [-0.4, -0.2) is 68.4 Å². The van der Waals surface area contributed by atoms with Gasteiger partial charge in [0.05, 0.1) is 19.8 Å². The highest BCUT2D eigenvalue weighted by molar-refractivity contribution is 5.85. The molecule has 0 amide bonds. The number of allylic oxidation sites excluding steroid dienone is 3. The van der Waals surface area contributed by atoms with Crippen molar-refractivity contribution >= 4 is 17.9 Å². The van der Waals surface area contributed by atoms with Crippen LogP contribution in [0.3, 0.4) is 0 Å². The molecule has 0 rings (SSSR count). The zero-order chi connectivity index (χ0) is 24.9. The molecule has 0 aliphatic rings. The van der Waals surface area contributed by atoms with Crippen molar-refractivity contribution in [1.82, 2.24) is 0 Å². The van der Waals surface area contributed by atoms with Gasteiger partial charge in [-0.3, -0.25) is 0 Å². The number of aliphatic hydroxyl groups excluding tert-OH is 3. The van der Waals surface area contributed by atoms with Crippen molar-refractivity contribution < 1.29 is 45.0 Å². The summed E-state index contributed by atoms with van der Waals surface area (Å²) in [4.78, 5) is 29.2. The largest absolute Gasteiger partial charge is 0.477 e. The highest BCUT2D eigenvalue weighted by Gasteiger charge is 2.24. The van der Waals surface area contributed by atoms with E-state index in [1.54, 1.807) is 20.8 Å². The highest BCUT2D eigenvalue weighted by atomic mass is 16.4. The number of carboxylic acids is 3. The smallest absolute Gasteiger partial charge is 0.351 e. The van der Waals surface area contributed by atoms with Crippen LogP contribution >= 0.6 is 0 Å². The van der Waals surface area contributed by atoms with Crippen LogP contribution in [0.2, 0.25) is 0 Å². The van der Waals surface area contributed by atoms with Crippen molar-refractivity contribution in [3.8, 4) is 0 Å². The van der Waals surface area contributed by atoms with E-state index in [2.05, 4.69) is 0 Å². The molecule has 0 aliphatic heterocycles. The maximum absolute atomic E-state index is 9.74. The van der Waals surface area contributed by atoms with Gasteiger partial charge in [0, 0.05) is 5.41 Å². The Morgan fingerprint density at radius 2 is 0.867 bits per heavy atom. The zero-order valence-corrected chi connectivity index (χ0v) is 17.7. The maximum Gasteiger partial charge on any atom is 0.351 e. The standard InChI is InChI=1S/C6H14O3.3C4H7NO2/c1-2-6(3-7,4-8)5-9;3*1-2-3(5)4(6)7/h7-9H,2-5H2,1H3;3*2H,5H2,1H3,(H,6,7). The van der Waals surface area contributed by atoms with E-state index in [0.717, 1.165) is 0 Å². The minimum Gasteiger partial charge on any atom is -0.477 e. The first-order valence-corrected chi connectivity index (χ1v) is 8.57. The average molecular weight is 437 g/mol. The molecule has 12 N–H and O–H groups in total. The minimum atomic E-state index is -1.07. The van der Waals surface area contributed by atoms with E-state index in [4.69, 9.17) is 47.8 Å². The van der Waals surface area contributed by atoms with Gasteiger partial charge < -0.3 is 47.8 Å². The van der Waals surface area contributed by atoms with E-state index in [0.29, 0.717) is 6.42 Å². The predicted molar refractivity (Wildman–Crippen MR) is 111 cm³/mol. The van der Waals surface area contributed by atoms with Crippen molar-refractivity contribution in [3.05, 3.63) is 35.3 Å². The first-order valence-electron chi connectivity index (χ1n) is 8.57. The molecule has 0 heterocycles. The molecule has 0 saturated heterocycles. The summed E-state index contributed by atoms with van der Waals surface area (Å²) in [6.07, 6.45) is 4.60. The number of carbonyl (C=O) groups is 3. The van der Waals surface area contributed by atoms with E-state index in [1.807, 2.05) is 6.92 Å². The molecule has 0 unspecified atom stereocenters. The Morgan fingerprint density at radius 3 is 0.867 bits per heavy atom. The predicted octanol–water partition coefficient (Wildman–Crippen LogP) is -0.840. The molecule has 12 nitrogen and oxygen atoms in total. The van der Waals surface area contributed by atoms with Crippen molar-refractivity contribution in [1.29, 1.82) is 0 Å². The Bertz CT molecular complexity index is 512. The van der Waals surface area contributed by atoms with Crippen LogP contribution in [0.4, 0.5) is 0 Å². The van der Waals surface area contributed by atoms with Gasteiger partial charge in [-0.05, 0) is 27.2 Å². The number of hydrogen-bond acceptors (Lipinski definition) is 9. The second-order valence-corrected chi connectivity index (χ2v) is 5.48. The third-order valence-corrected chi connectivity index (χ3v) is 3.43. The second kappa shape index (κ2) is 20.6. The molecule has 0 bridgehead atoms. The first-order chi connectivity index (χ1) is 13.8. The van der Waals surface area contributed by atoms with E-state index in [9.17, 15) is 14.4 Å². The van der Waals surface area contributed by atoms with Crippen LogP contribution in [-0.2, 0) is 14.4 Å². The summed E-state index contributed by atoms with van der Waals surface area (Å²) in [5, 5.41) is 49.9. The van der Waals surface area contributed by atoms with Gasteiger partial charge in [-0.15, -0.1) is 0 Å². The molecule has 0 aromatic carbocycles. The molecule has 12 heteroatoms. The van der Waals surface area contributed by atoms with Crippen molar-refractivity contribution in [2.75, 3.05) is 19.8 Å². The summed E-state index contributed by atoms with van der Waals surface area (Å²) < 4.78 is 0. The summed E-state index contributed by atoms with van der Waals surface area (Å²) in [5.41, 5.74) is 13.6. The van der Waals surface area contributed by atoms with Crippen LogP contribution in [0.25, 0.3) is 0 Å². The fourth-order valence-corrected chi connectivity index (χ4v) is 0.856. The molecule has 176 valence electrons. The van der Waals surface area contributed by atoms with Crippen LogP contribution < -0.4 is 17.2 Å². The minimum absolute atomic E-state index is 0.111. The monoisotopic (exact) mass is 437 g/mol. The molecule has 0 aromatic heterocycles. The van der Waals surface area contributed by atoms with Gasteiger partial charge in [0.2, 0.25) is 0 Å². The van der Waals surface area contributed by atoms with Crippen LogP contribution in [0.15, 0.2) is 35.3 Å². The van der Waals surface area contributed by atoms with E-state index < -0.39 is 23.3 Å². The lowest BCUT2D eigenvalue weighted by Gasteiger charge is -2.24. The van der Waals surface area contributed by atoms with E-state index in [-0.39, 0.29) is 36.9 Å². The molecule has 0 spiro atoms. The van der Waals surface area contributed by atoms with Crippen LogP contribution in [0, 0.1) is 5.41 Å². The molecule has 0 radical (unpaired) electrons. The van der Waals surface area contributed by atoms with Gasteiger partial charge in [-0.1, -0.05) is 25.2 Å². The topological polar surface area (TPSA) is 251 Å². The molecule has 0 atom stereocenters. The number of hydrogen-bond donors (Lipinski definition) is 9. The number of carboxylic acid groups (broad SMARTS) is 3. The summed E-state index contributed by atoms with van der Waals surface area (Å²) >= 11 is 0. The van der Waals surface area contributed by atoms with Gasteiger partial charge in [0.15, 0.2) is 0 Å². The Morgan fingerprint density at radius 1 is 0.667 bits per heavy atom. The van der Waals surface area contributed by atoms with Crippen molar-refractivity contribution in [2.24, 2.45) is 22.6 Å². The number of aliphatic carboxylic acids is 3. The molecule has 0 fully saturated rings. The summed E-state index contributed by atoms with van der Waals surface area (Å²) in [5.74, 6) is -3.20. The quantitative estimate of drug-likeness (QED) is 0.221. The van der Waals surface area contributed by atoms with Crippen LogP contribution in [0.1, 0.15) is 34.1 Å². The average Bonchev–Trinajstić information content (AvgIpc) is 2.74. The summed E-state index contributed by atoms with van der Waals surface area (Å²) in [6.45, 7) is 6.07. The lowest BCUT2D eigenvalue weighted by molar-refractivity contribution is -0.133. The number of nitrogens with two attached hydrogens (primary N) is 3. The lowest BCUT2D eigenvalue weighted by Crippen LogP contribution is -2.32. The number of rotatable bonds is 7. The van der Waals surface area contributed by atoms with Gasteiger partial charge in [0.1, 0.15) is 17.1 Å². The molecule has 0 aliphatic carbocycles. The number of aliphatic hydroxyl groups is 3. The van der Waals surface area contributed by atoms with Crippen molar-refractivity contribution in [3.63, 3.8) is 0 Å². The maximum atomic E-state index is 9.74. The Balaban J connectivity index is -0.000000151. The SMILES string of the molecule is CC=C(N)C(=O)O.CC=C(N)C(=O)O.CC=C(N)C(=O)O.CCC(CO)(CO)CO. The summed E-state index contributed by atoms with van der Waals surface area (Å²) in [6, 6.07) is 0. The fourth-order valence-electron chi connectivity index (χ4n) is 0.856. The first kappa shape index (κ1) is 34.4. The van der Waals surface area contributed by atoms with E-state index in [1.165, 1.54) is 18.2 Å². The lowest BCUT2D eigenvalue weighted by atomic mass is 9.88.